The molecule has 5 heteroatoms. The van der Waals surface area contributed by atoms with Crippen molar-refractivity contribution in [2.45, 2.75) is 13.3 Å². The van der Waals surface area contributed by atoms with Gasteiger partial charge in [-0.3, -0.25) is 0 Å². The van der Waals surface area contributed by atoms with Gasteiger partial charge in [-0.05, 0) is 48.4 Å². The molecule has 0 amide bonds. The first-order valence-electron chi connectivity index (χ1n) is 7.25. The van der Waals surface area contributed by atoms with E-state index in [9.17, 15) is 9.59 Å². The number of aryl methyl sites for hydroxylation is 1. The van der Waals surface area contributed by atoms with Gasteiger partial charge in [-0.1, -0.05) is 6.07 Å². The Kier molecular flexibility index (Phi) is 4.02. The average molecular weight is 312 g/mol. The van der Waals surface area contributed by atoms with Crippen LogP contribution in [0.2, 0.25) is 0 Å². The van der Waals surface area contributed by atoms with Crippen LogP contribution in [0, 0.1) is 6.92 Å². The topological polar surface area (TPSA) is 61.8 Å². The molecule has 23 heavy (non-hydrogen) atoms. The van der Waals surface area contributed by atoms with E-state index >= 15 is 0 Å². The minimum absolute atomic E-state index is 0.184. The molecule has 3 rings (SSSR count). The molecule has 0 fully saturated rings. The molecule has 0 saturated carbocycles. The number of hydrogen-bond acceptors (Lipinski definition) is 5. The van der Waals surface area contributed by atoms with Crippen molar-refractivity contribution in [3.05, 3.63) is 58.7 Å². The number of fused-ring (bicyclic) bond motifs is 1. The number of hydrogen-bond donors (Lipinski definition) is 0. The first-order chi connectivity index (χ1) is 11.1. The first-order valence-corrected chi connectivity index (χ1v) is 7.25. The Labute approximate surface area is 133 Å². The van der Waals surface area contributed by atoms with Crippen LogP contribution in [0.3, 0.4) is 0 Å². The third-order valence-electron chi connectivity index (χ3n) is 3.67. The van der Waals surface area contributed by atoms with Gasteiger partial charge in [0.25, 0.3) is 0 Å². The molecule has 0 saturated heterocycles. The van der Waals surface area contributed by atoms with E-state index in [0.29, 0.717) is 12.2 Å². The maximum atomic E-state index is 12.3. The van der Waals surface area contributed by atoms with Crippen molar-refractivity contribution in [3.63, 3.8) is 0 Å². The number of ether oxygens (including phenoxy) is 3. The van der Waals surface area contributed by atoms with Crippen LogP contribution in [0.4, 0.5) is 0 Å². The zero-order valence-corrected chi connectivity index (χ0v) is 12.9. The summed E-state index contributed by atoms with van der Waals surface area (Å²) in [5, 5.41) is 0. The zero-order chi connectivity index (χ0) is 16.4. The summed E-state index contributed by atoms with van der Waals surface area (Å²) in [5.74, 6) is -0.0797. The minimum Gasteiger partial charge on any atom is -0.493 e. The molecular formula is C18H16O5. The number of esters is 2. The van der Waals surface area contributed by atoms with Crippen molar-refractivity contribution < 1.29 is 23.8 Å². The van der Waals surface area contributed by atoms with Gasteiger partial charge in [0.2, 0.25) is 0 Å². The summed E-state index contributed by atoms with van der Waals surface area (Å²) in [6.07, 6.45) is 0.772. The fourth-order valence-corrected chi connectivity index (χ4v) is 2.47. The van der Waals surface area contributed by atoms with Gasteiger partial charge >= 0.3 is 11.9 Å². The summed E-state index contributed by atoms with van der Waals surface area (Å²) < 4.78 is 15.5. The third kappa shape index (κ3) is 3.04. The lowest BCUT2D eigenvalue weighted by molar-refractivity contribution is 0.0593. The Bertz CT molecular complexity index is 779. The van der Waals surface area contributed by atoms with Crippen LogP contribution < -0.4 is 9.47 Å². The van der Waals surface area contributed by atoms with Crippen LogP contribution in [0.15, 0.2) is 36.4 Å². The zero-order valence-electron chi connectivity index (χ0n) is 12.9. The molecule has 0 spiro atoms. The molecule has 1 heterocycles. The van der Waals surface area contributed by atoms with Crippen molar-refractivity contribution in [2.75, 3.05) is 13.7 Å². The minimum atomic E-state index is -0.543. The molecule has 0 N–H and O–H groups in total. The lowest BCUT2D eigenvalue weighted by Gasteiger charge is -2.10. The van der Waals surface area contributed by atoms with E-state index in [1.807, 2.05) is 6.92 Å². The highest BCUT2D eigenvalue weighted by atomic mass is 16.5. The fraction of sp³-hybridized carbons (Fsp3) is 0.222. The van der Waals surface area contributed by atoms with Gasteiger partial charge in [0.15, 0.2) is 0 Å². The molecule has 0 bridgehead atoms. The largest absolute Gasteiger partial charge is 0.493 e. The highest BCUT2D eigenvalue weighted by Crippen LogP contribution is 2.27. The molecule has 2 aromatic rings. The van der Waals surface area contributed by atoms with Crippen LogP contribution in [-0.2, 0) is 11.2 Å². The highest BCUT2D eigenvalue weighted by molar-refractivity contribution is 5.96. The molecule has 0 aliphatic carbocycles. The van der Waals surface area contributed by atoms with E-state index in [1.54, 1.807) is 36.4 Å². The monoisotopic (exact) mass is 312 g/mol. The second-order valence-electron chi connectivity index (χ2n) is 5.30. The lowest BCUT2D eigenvalue weighted by atomic mass is 10.1. The van der Waals surface area contributed by atoms with Crippen LogP contribution in [0.25, 0.3) is 0 Å². The molecule has 2 aromatic carbocycles. The van der Waals surface area contributed by atoms with Crippen LogP contribution in [0.5, 0.6) is 11.5 Å². The fourth-order valence-electron chi connectivity index (χ4n) is 2.47. The SMILES string of the molecule is COC(=O)c1cc(C)ccc1OC(=O)c1ccc2c(c1)CCO2. The maximum Gasteiger partial charge on any atom is 0.343 e. The Balaban J connectivity index is 1.87. The van der Waals surface area contributed by atoms with Crippen LogP contribution >= 0.6 is 0 Å². The van der Waals surface area contributed by atoms with Gasteiger partial charge < -0.3 is 14.2 Å². The van der Waals surface area contributed by atoms with E-state index in [4.69, 9.17) is 14.2 Å². The highest BCUT2D eigenvalue weighted by Gasteiger charge is 2.19. The van der Waals surface area contributed by atoms with Crippen molar-refractivity contribution in [3.8, 4) is 11.5 Å². The van der Waals surface area contributed by atoms with Crippen molar-refractivity contribution in [1.29, 1.82) is 0 Å². The number of carbonyl (C=O) groups excluding carboxylic acids is 2. The second-order valence-corrected chi connectivity index (χ2v) is 5.30. The number of carbonyl (C=O) groups is 2. The number of benzene rings is 2. The van der Waals surface area contributed by atoms with Crippen LogP contribution in [-0.4, -0.2) is 25.7 Å². The number of methoxy groups -OCH3 is 1. The smallest absolute Gasteiger partial charge is 0.343 e. The molecular weight excluding hydrogens is 296 g/mol. The molecule has 0 unspecified atom stereocenters. The van der Waals surface area contributed by atoms with Crippen LogP contribution in [0.1, 0.15) is 31.8 Å². The van der Waals surface area contributed by atoms with E-state index < -0.39 is 11.9 Å². The molecule has 0 atom stereocenters. The Morgan fingerprint density at radius 2 is 1.91 bits per heavy atom. The first kappa shape index (κ1) is 15.1. The molecule has 1 aliphatic heterocycles. The Morgan fingerprint density at radius 3 is 2.70 bits per heavy atom. The van der Waals surface area contributed by atoms with Crippen molar-refractivity contribution in [2.24, 2.45) is 0 Å². The molecule has 5 nitrogen and oxygen atoms in total. The summed E-state index contributed by atoms with van der Waals surface area (Å²) in [6, 6.07) is 10.2. The molecule has 1 aliphatic rings. The van der Waals surface area contributed by atoms with Crippen molar-refractivity contribution >= 4 is 11.9 Å². The van der Waals surface area contributed by atoms with Gasteiger partial charge in [-0.2, -0.15) is 0 Å². The maximum absolute atomic E-state index is 12.3. The predicted molar refractivity (Wildman–Crippen MR) is 83.1 cm³/mol. The van der Waals surface area contributed by atoms with E-state index in [0.717, 1.165) is 23.3 Å². The lowest BCUT2D eigenvalue weighted by Crippen LogP contribution is -2.12. The summed E-state index contributed by atoms with van der Waals surface area (Å²) in [5.41, 5.74) is 2.51. The average Bonchev–Trinajstić information content (AvgIpc) is 3.03. The summed E-state index contributed by atoms with van der Waals surface area (Å²) in [4.78, 5) is 24.2. The summed E-state index contributed by atoms with van der Waals surface area (Å²) in [6.45, 7) is 2.47. The van der Waals surface area contributed by atoms with Gasteiger partial charge in [0.1, 0.15) is 17.1 Å². The third-order valence-corrected chi connectivity index (χ3v) is 3.67. The van der Waals surface area contributed by atoms with Gasteiger partial charge in [-0.15, -0.1) is 0 Å². The molecule has 118 valence electrons. The second kappa shape index (κ2) is 6.12. The van der Waals surface area contributed by atoms with Gasteiger partial charge in [0.05, 0.1) is 19.3 Å². The Hall–Kier alpha value is -2.82. The number of rotatable bonds is 3. The van der Waals surface area contributed by atoms with E-state index in [-0.39, 0.29) is 11.3 Å². The van der Waals surface area contributed by atoms with E-state index in [1.165, 1.54) is 7.11 Å². The standard InChI is InChI=1S/C18H16O5/c1-11-3-5-16(14(9-11)18(20)21-2)23-17(19)13-4-6-15-12(10-13)7-8-22-15/h3-6,9-10H,7-8H2,1-2H3. The van der Waals surface area contributed by atoms with Gasteiger partial charge in [-0.25, -0.2) is 9.59 Å². The predicted octanol–water partition coefficient (Wildman–Crippen LogP) is 2.94. The summed E-state index contributed by atoms with van der Waals surface area (Å²) in [7, 11) is 1.29. The quantitative estimate of drug-likeness (QED) is 0.644. The molecule has 0 radical (unpaired) electrons. The van der Waals surface area contributed by atoms with Crippen molar-refractivity contribution in [1.82, 2.24) is 0 Å². The van der Waals surface area contributed by atoms with Gasteiger partial charge in [0, 0.05) is 6.42 Å². The normalized spacial score (nSPS) is 12.3. The Morgan fingerprint density at radius 1 is 1.09 bits per heavy atom. The van der Waals surface area contributed by atoms with E-state index in [2.05, 4.69) is 0 Å². The molecule has 0 aromatic heterocycles. The summed E-state index contributed by atoms with van der Waals surface area (Å²) >= 11 is 0.